The molecule has 2 saturated heterocycles. The van der Waals surface area contributed by atoms with Gasteiger partial charge in [-0.05, 0) is 71.1 Å². The zero-order valence-corrected chi connectivity index (χ0v) is 17.0. The summed E-state index contributed by atoms with van der Waals surface area (Å²) in [5.74, 6) is 1.33. The molecule has 1 N–H and O–H groups in total. The van der Waals surface area contributed by atoms with Crippen LogP contribution in [-0.4, -0.2) is 80.9 Å². The molecular weight excluding hydrogens is 350 g/mol. The first kappa shape index (κ1) is 20.1. The molecule has 1 aliphatic carbocycles. The summed E-state index contributed by atoms with van der Waals surface area (Å²) in [6, 6.07) is 0.165. The molecule has 3 rings (SSSR count). The van der Waals surface area contributed by atoms with Gasteiger partial charge in [-0.1, -0.05) is 12.8 Å². The van der Waals surface area contributed by atoms with E-state index in [-0.39, 0.29) is 29.5 Å². The third-order valence-corrected chi connectivity index (χ3v) is 8.23. The molecule has 7 heteroatoms. The number of rotatable bonds is 7. The number of hydrogen-bond acceptors (Lipinski definition) is 5. The molecule has 0 aromatic heterocycles. The summed E-state index contributed by atoms with van der Waals surface area (Å²) in [7, 11) is -0.972. The Kier molecular flexibility index (Phi) is 6.97. The predicted molar refractivity (Wildman–Crippen MR) is 104 cm³/mol. The van der Waals surface area contributed by atoms with E-state index in [9.17, 15) is 13.2 Å². The predicted octanol–water partition coefficient (Wildman–Crippen LogP) is 1.27. The maximum Gasteiger partial charge on any atom is 0.237 e. The highest BCUT2D eigenvalue weighted by Gasteiger charge is 2.39. The number of sulfone groups is 1. The van der Waals surface area contributed by atoms with Gasteiger partial charge in [0.1, 0.15) is 0 Å². The van der Waals surface area contributed by atoms with Crippen LogP contribution in [0.2, 0.25) is 0 Å². The first-order chi connectivity index (χ1) is 12.5. The highest BCUT2D eigenvalue weighted by molar-refractivity contribution is 7.91. The molecule has 0 spiro atoms. The van der Waals surface area contributed by atoms with E-state index in [1.807, 2.05) is 11.9 Å². The fourth-order valence-electron chi connectivity index (χ4n) is 4.94. The zero-order valence-electron chi connectivity index (χ0n) is 16.2. The van der Waals surface area contributed by atoms with Crippen LogP contribution in [0.4, 0.5) is 0 Å². The van der Waals surface area contributed by atoms with Gasteiger partial charge >= 0.3 is 0 Å². The van der Waals surface area contributed by atoms with Crippen LogP contribution in [0.5, 0.6) is 0 Å². The van der Waals surface area contributed by atoms with E-state index in [2.05, 4.69) is 10.2 Å². The van der Waals surface area contributed by atoms with E-state index in [0.717, 1.165) is 64.1 Å². The van der Waals surface area contributed by atoms with E-state index in [1.54, 1.807) is 0 Å². The molecule has 2 aliphatic heterocycles. The van der Waals surface area contributed by atoms with Crippen LogP contribution < -0.4 is 5.32 Å². The largest absolute Gasteiger partial charge is 0.335 e. The number of nitrogens with zero attached hydrogens (tertiary/aromatic N) is 2. The number of hydrogen-bond donors (Lipinski definition) is 1. The highest BCUT2D eigenvalue weighted by Crippen LogP contribution is 2.29. The number of nitrogens with one attached hydrogen (secondary N) is 1. The summed E-state index contributed by atoms with van der Waals surface area (Å²) < 4.78 is 23.9. The maximum absolute atomic E-state index is 13.1. The molecule has 6 nitrogen and oxygen atoms in total. The normalized spacial score (nSPS) is 27.8. The molecular formula is C19H35N3O3S. The lowest BCUT2D eigenvalue weighted by atomic mass is 9.93. The molecule has 1 saturated carbocycles. The summed E-state index contributed by atoms with van der Waals surface area (Å²) in [6.07, 6.45) is 8.55. The summed E-state index contributed by atoms with van der Waals surface area (Å²) in [6.45, 7) is 3.50. The fraction of sp³-hybridized carbons (Fsp3) is 0.947. The Balaban J connectivity index is 1.56. The number of carbonyl (C=O) groups is 1. The van der Waals surface area contributed by atoms with Crippen molar-refractivity contribution in [2.45, 2.75) is 63.5 Å². The van der Waals surface area contributed by atoms with Crippen molar-refractivity contribution in [1.82, 2.24) is 15.1 Å². The Morgan fingerprint density at radius 2 is 1.77 bits per heavy atom. The van der Waals surface area contributed by atoms with Crippen LogP contribution in [0, 0.1) is 5.92 Å². The van der Waals surface area contributed by atoms with Crippen molar-refractivity contribution in [2.75, 3.05) is 44.7 Å². The van der Waals surface area contributed by atoms with Crippen molar-refractivity contribution in [3.05, 3.63) is 0 Å². The lowest BCUT2D eigenvalue weighted by Crippen LogP contribution is -2.51. The SMILES string of the molecule is CNCCC1CCN(CC(=O)N(C2CCCC2)C2CCS(=O)(=O)C2)CC1. The van der Waals surface area contributed by atoms with Gasteiger partial charge in [0.05, 0.1) is 18.1 Å². The number of likely N-dealkylation sites (tertiary alicyclic amines) is 1. The Morgan fingerprint density at radius 3 is 2.35 bits per heavy atom. The average Bonchev–Trinajstić information content (AvgIpc) is 3.24. The number of amides is 1. The summed E-state index contributed by atoms with van der Waals surface area (Å²) in [5, 5.41) is 3.22. The lowest BCUT2D eigenvalue weighted by Gasteiger charge is -2.37. The van der Waals surface area contributed by atoms with E-state index < -0.39 is 9.84 Å². The summed E-state index contributed by atoms with van der Waals surface area (Å²) >= 11 is 0. The minimum Gasteiger partial charge on any atom is -0.335 e. The van der Waals surface area contributed by atoms with Crippen molar-refractivity contribution in [3.8, 4) is 0 Å². The van der Waals surface area contributed by atoms with Gasteiger partial charge in [-0.3, -0.25) is 9.69 Å². The highest BCUT2D eigenvalue weighted by atomic mass is 32.2. The molecule has 1 atom stereocenters. The van der Waals surface area contributed by atoms with Crippen molar-refractivity contribution >= 4 is 15.7 Å². The fourth-order valence-corrected chi connectivity index (χ4v) is 6.65. The summed E-state index contributed by atoms with van der Waals surface area (Å²) in [5.41, 5.74) is 0. The molecule has 0 aromatic carbocycles. The molecule has 3 aliphatic rings. The van der Waals surface area contributed by atoms with Crippen molar-refractivity contribution in [2.24, 2.45) is 5.92 Å². The van der Waals surface area contributed by atoms with Crippen LogP contribution >= 0.6 is 0 Å². The quantitative estimate of drug-likeness (QED) is 0.715. The minimum atomic E-state index is -2.97. The van der Waals surface area contributed by atoms with Gasteiger partial charge in [-0.25, -0.2) is 8.42 Å². The molecule has 0 bridgehead atoms. The van der Waals surface area contributed by atoms with E-state index in [4.69, 9.17) is 0 Å². The van der Waals surface area contributed by atoms with Crippen LogP contribution in [0.3, 0.4) is 0 Å². The second-order valence-corrected chi connectivity index (χ2v) is 10.6. The zero-order chi connectivity index (χ0) is 18.6. The van der Waals surface area contributed by atoms with Gasteiger partial charge in [0, 0.05) is 12.1 Å². The first-order valence-corrected chi connectivity index (χ1v) is 12.2. The first-order valence-electron chi connectivity index (χ1n) is 10.4. The Labute approximate surface area is 158 Å². The summed E-state index contributed by atoms with van der Waals surface area (Å²) in [4.78, 5) is 17.4. The van der Waals surface area contributed by atoms with Gasteiger partial charge in [0.15, 0.2) is 9.84 Å². The topological polar surface area (TPSA) is 69.7 Å². The van der Waals surface area contributed by atoms with Crippen molar-refractivity contribution in [3.63, 3.8) is 0 Å². The van der Waals surface area contributed by atoms with Gasteiger partial charge in [0.2, 0.25) is 5.91 Å². The molecule has 1 amide bonds. The van der Waals surface area contributed by atoms with Crippen LogP contribution in [0.15, 0.2) is 0 Å². The van der Waals surface area contributed by atoms with Crippen LogP contribution in [0.1, 0.15) is 51.4 Å². The van der Waals surface area contributed by atoms with Crippen molar-refractivity contribution in [1.29, 1.82) is 0 Å². The van der Waals surface area contributed by atoms with E-state index in [0.29, 0.717) is 13.0 Å². The second-order valence-electron chi connectivity index (χ2n) is 8.41. The Morgan fingerprint density at radius 1 is 1.08 bits per heavy atom. The molecule has 3 fully saturated rings. The third kappa shape index (κ3) is 5.20. The molecule has 2 heterocycles. The van der Waals surface area contributed by atoms with E-state index in [1.165, 1.54) is 6.42 Å². The standard InChI is InChI=1S/C19H35N3O3S/c1-20-10-6-16-7-11-21(12-8-16)14-19(23)22(17-4-2-3-5-17)18-9-13-26(24,25)15-18/h16-18,20H,2-15H2,1H3. The van der Waals surface area contributed by atoms with Crippen molar-refractivity contribution < 1.29 is 13.2 Å². The minimum absolute atomic E-state index is 0.0937. The molecule has 0 radical (unpaired) electrons. The molecule has 1 unspecified atom stereocenters. The van der Waals surface area contributed by atoms with Crippen LogP contribution in [-0.2, 0) is 14.6 Å². The number of piperidine rings is 1. The second kappa shape index (κ2) is 9.02. The molecule has 0 aromatic rings. The van der Waals surface area contributed by atoms with Crippen LogP contribution in [0.25, 0.3) is 0 Å². The molecule has 26 heavy (non-hydrogen) atoms. The maximum atomic E-state index is 13.1. The van der Waals surface area contributed by atoms with E-state index >= 15 is 0 Å². The third-order valence-electron chi connectivity index (χ3n) is 6.48. The average molecular weight is 386 g/mol. The lowest BCUT2D eigenvalue weighted by molar-refractivity contribution is -0.137. The monoisotopic (exact) mass is 385 g/mol. The van der Waals surface area contributed by atoms with Gasteiger partial charge in [-0.2, -0.15) is 0 Å². The Bertz CT molecular complexity index is 567. The molecule has 150 valence electrons. The smallest absolute Gasteiger partial charge is 0.237 e. The Hall–Kier alpha value is -0.660. The van der Waals surface area contributed by atoms with Gasteiger partial charge in [0.25, 0.3) is 0 Å². The van der Waals surface area contributed by atoms with Gasteiger partial charge < -0.3 is 10.2 Å². The number of carbonyl (C=O) groups excluding carboxylic acids is 1. The van der Waals surface area contributed by atoms with Gasteiger partial charge in [-0.15, -0.1) is 0 Å².